The smallest absolute Gasteiger partial charge is 0.367 e. The summed E-state index contributed by atoms with van der Waals surface area (Å²) in [4.78, 5) is 23.8. The van der Waals surface area contributed by atoms with Crippen LogP contribution in [0.25, 0.3) is 0 Å². The van der Waals surface area contributed by atoms with E-state index in [1.165, 1.54) is 6.08 Å². The van der Waals surface area contributed by atoms with E-state index in [0.717, 1.165) is 0 Å². The SMILES string of the molecule is C=CCOCC(=C)C(=O)ON=O. The van der Waals surface area contributed by atoms with Gasteiger partial charge in [-0.1, -0.05) is 12.7 Å². The highest BCUT2D eigenvalue weighted by atomic mass is 16.7. The molecule has 0 aromatic carbocycles. The van der Waals surface area contributed by atoms with Crippen LogP contribution in [-0.4, -0.2) is 19.2 Å². The lowest BCUT2D eigenvalue weighted by Gasteiger charge is -2.00. The quantitative estimate of drug-likeness (QED) is 0.196. The Morgan fingerprint density at radius 1 is 1.58 bits per heavy atom. The Labute approximate surface area is 69.6 Å². The van der Waals surface area contributed by atoms with Gasteiger partial charge in [-0.05, 0) is 0 Å². The van der Waals surface area contributed by atoms with Crippen molar-refractivity contribution in [2.75, 3.05) is 13.2 Å². The Hall–Kier alpha value is -1.49. The van der Waals surface area contributed by atoms with E-state index < -0.39 is 5.97 Å². The minimum Gasteiger partial charge on any atom is -0.372 e. The van der Waals surface area contributed by atoms with Crippen LogP contribution in [0.2, 0.25) is 0 Å². The first-order valence-corrected chi connectivity index (χ1v) is 3.12. The fraction of sp³-hybridized carbons (Fsp3) is 0.286. The van der Waals surface area contributed by atoms with E-state index in [1.807, 2.05) is 5.34 Å². The summed E-state index contributed by atoms with van der Waals surface area (Å²) in [5.41, 5.74) is 0.0384. The van der Waals surface area contributed by atoms with E-state index in [1.54, 1.807) is 0 Å². The summed E-state index contributed by atoms with van der Waals surface area (Å²) in [5.74, 6) is -0.880. The molecule has 0 saturated carbocycles. The molecule has 0 unspecified atom stereocenters. The number of carbonyl (C=O) groups is 1. The van der Waals surface area contributed by atoms with Crippen LogP contribution < -0.4 is 0 Å². The average molecular weight is 171 g/mol. The predicted octanol–water partition coefficient (Wildman–Crippen LogP) is 0.970. The largest absolute Gasteiger partial charge is 0.372 e. The van der Waals surface area contributed by atoms with E-state index in [2.05, 4.69) is 18.0 Å². The summed E-state index contributed by atoms with van der Waals surface area (Å²) in [5, 5.41) is 1.95. The second-order valence-electron chi connectivity index (χ2n) is 1.86. The van der Waals surface area contributed by atoms with E-state index >= 15 is 0 Å². The molecule has 0 aliphatic rings. The van der Waals surface area contributed by atoms with Gasteiger partial charge in [0.1, 0.15) is 0 Å². The Morgan fingerprint density at radius 2 is 2.25 bits per heavy atom. The molecule has 0 fully saturated rings. The Kier molecular flexibility index (Phi) is 5.46. The summed E-state index contributed by atoms with van der Waals surface area (Å²) in [6.45, 7) is 7.02. The van der Waals surface area contributed by atoms with Crippen molar-refractivity contribution in [1.82, 2.24) is 0 Å². The van der Waals surface area contributed by atoms with E-state index in [4.69, 9.17) is 4.74 Å². The minimum atomic E-state index is -0.880. The van der Waals surface area contributed by atoms with E-state index in [0.29, 0.717) is 6.61 Å². The predicted molar refractivity (Wildman–Crippen MR) is 42.0 cm³/mol. The monoisotopic (exact) mass is 171 g/mol. The molecule has 0 amide bonds. The molecular weight excluding hydrogens is 162 g/mol. The van der Waals surface area contributed by atoms with Crippen molar-refractivity contribution >= 4 is 5.97 Å². The summed E-state index contributed by atoms with van der Waals surface area (Å²) >= 11 is 0. The summed E-state index contributed by atoms with van der Waals surface area (Å²) in [6, 6.07) is 0. The molecule has 0 bridgehead atoms. The van der Waals surface area contributed by atoms with Crippen molar-refractivity contribution in [3.63, 3.8) is 0 Å². The zero-order chi connectivity index (χ0) is 9.40. The van der Waals surface area contributed by atoms with Crippen LogP contribution in [0.5, 0.6) is 0 Å². The van der Waals surface area contributed by atoms with E-state index in [9.17, 15) is 9.70 Å². The van der Waals surface area contributed by atoms with Gasteiger partial charge >= 0.3 is 5.97 Å². The van der Waals surface area contributed by atoms with Crippen LogP contribution in [0.1, 0.15) is 0 Å². The second kappa shape index (κ2) is 6.23. The third-order valence-corrected chi connectivity index (χ3v) is 0.921. The van der Waals surface area contributed by atoms with Crippen molar-refractivity contribution in [3.05, 3.63) is 29.7 Å². The topological polar surface area (TPSA) is 65.0 Å². The summed E-state index contributed by atoms with van der Waals surface area (Å²) < 4.78 is 4.85. The van der Waals surface area contributed by atoms with Crippen molar-refractivity contribution < 1.29 is 14.4 Å². The number of carbonyl (C=O) groups excluding carboxylic acids is 1. The molecule has 66 valence electrons. The number of nitrogens with zero attached hydrogens (tertiary/aromatic N) is 1. The third-order valence-electron chi connectivity index (χ3n) is 0.921. The van der Waals surface area contributed by atoms with Gasteiger partial charge in [-0.15, -0.1) is 11.5 Å². The molecule has 12 heavy (non-hydrogen) atoms. The highest BCUT2D eigenvalue weighted by molar-refractivity contribution is 5.87. The van der Waals surface area contributed by atoms with Gasteiger partial charge < -0.3 is 4.74 Å². The van der Waals surface area contributed by atoms with Gasteiger partial charge in [-0.25, -0.2) is 4.79 Å². The van der Waals surface area contributed by atoms with Gasteiger partial charge in [-0.3, -0.25) is 4.84 Å². The first-order valence-electron chi connectivity index (χ1n) is 3.12. The normalized spacial score (nSPS) is 8.67. The molecule has 0 aromatic rings. The van der Waals surface area contributed by atoms with Crippen molar-refractivity contribution in [2.45, 2.75) is 0 Å². The molecule has 5 heteroatoms. The fourth-order valence-corrected chi connectivity index (χ4v) is 0.423. The number of hydrogen-bond acceptors (Lipinski definition) is 5. The van der Waals surface area contributed by atoms with Gasteiger partial charge in [0, 0.05) is 0 Å². The van der Waals surface area contributed by atoms with Crippen LogP contribution in [0.3, 0.4) is 0 Å². The van der Waals surface area contributed by atoms with Crippen LogP contribution in [0.15, 0.2) is 30.1 Å². The minimum absolute atomic E-state index is 0.000370. The average Bonchev–Trinajstić information content (AvgIpc) is 2.05. The first-order chi connectivity index (χ1) is 5.72. The van der Waals surface area contributed by atoms with Gasteiger partial charge in [0.05, 0.1) is 18.8 Å². The lowest BCUT2D eigenvalue weighted by Crippen LogP contribution is -2.09. The van der Waals surface area contributed by atoms with Gasteiger partial charge in [0.15, 0.2) is 5.34 Å². The van der Waals surface area contributed by atoms with Gasteiger partial charge in [0.25, 0.3) is 0 Å². The molecule has 0 aliphatic carbocycles. The molecule has 0 aliphatic heterocycles. The molecule has 0 aromatic heterocycles. The molecule has 0 spiro atoms. The van der Waals surface area contributed by atoms with Crippen molar-refractivity contribution in [1.29, 1.82) is 0 Å². The first kappa shape index (κ1) is 10.5. The molecule has 0 rings (SSSR count). The maximum Gasteiger partial charge on any atom is 0.367 e. The number of hydrogen-bond donors (Lipinski definition) is 0. The number of ether oxygens (including phenoxy) is 1. The molecular formula is C7H9NO4. The summed E-state index contributed by atoms with van der Waals surface area (Å²) in [7, 11) is 0. The van der Waals surface area contributed by atoms with E-state index in [-0.39, 0.29) is 12.2 Å². The molecule has 5 nitrogen and oxygen atoms in total. The van der Waals surface area contributed by atoms with Gasteiger partial charge in [-0.2, -0.15) is 0 Å². The Balaban J connectivity index is 3.63. The molecule has 0 heterocycles. The fourth-order valence-electron chi connectivity index (χ4n) is 0.423. The van der Waals surface area contributed by atoms with Crippen molar-refractivity contribution in [2.24, 2.45) is 5.34 Å². The standard InChI is InChI=1S/C7H9NO4/c1-3-4-11-5-6(2)7(9)12-8-10/h3H,1-2,4-5H2. The highest BCUT2D eigenvalue weighted by Crippen LogP contribution is 1.95. The Morgan fingerprint density at radius 3 is 2.75 bits per heavy atom. The maximum absolute atomic E-state index is 10.6. The summed E-state index contributed by atoms with van der Waals surface area (Å²) in [6.07, 6.45) is 1.52. The Bertz CT molecular complexity index is 200. The molecule has 0 saturated heterocycles. The lowest BCUT2D eigenvalue weighted by atomic mass is 10.3. The van der Waals surface area contributed by atoms with Crippen LogP contribution >= 0.6 is 0 Å². The maximum atomic E-state index is 10.6. The van der Waals surface area contributed by atoms with Crippen molar-refractivity contribution in [3.8, 4) is 0 Å². The van der Waals surface area contributed by atoms with Crippen LogP contribution in [-0.2, 0) is 14.4 Å². The molecule has 0 radical (unpaired) electrons. The zero-order valence-electron chi connectivity index (χ0n) is 6.49. The third kappa shape index (κ3) is 4.35. The van der Waals surface area contributed by atoms with Crippen LogP contribution in [0, 0.1) is 4.91 Å². The second-order valence-corrected chi connectivity index (χ2v) is 1.86. The lowest BCUT2D eigenvalue weighted by molar-refractivity contribution is -0.139. The zero-order valence-corrected chi connectivity index (χ0v) is 6.49. The van der Waals surface area contributed by atoms with Gasteiger partial charge in [0.2, 0.25) is 0 Å². The number of rotatable bonds is 6. The highest BCUT2D eigenvalue weighted by Gasteiger charge is 2.08. The van der Waals surface area contributed by atoms with Crippen LogP contribution in [0.4, 0.5) is 0 Å². The molecule has 0 atom stereocenters. The molecule has 0 N–H and O–H groups in total.